The number of fused-ring (bicyclic) bond motifs is 4. The Bertz CT molecular complexity index is 3330. The van der Waals surface area contributed by atoms with E-state index in [2.05, 4.69) is 268 Å². The third-order valence-corrected chi connectivity index (χ3v) is 14.8. The maximum atomic E-state index is 2.58. The SMILES string of the molecule is Cc1ccc(-c2cc(-c3ccc(C)cc3)cc(N3c4ccc(C)cc4B4c5cc(C)ccc5N(c5cc(-c6ccc(C(C)(C)C)cc6)cc(-c6ccc(C(C)(C)C)cc6)c5)c5cc(C)cc3c54)c2)cc1. The van der Waals surface area contributed by atoms with Gasteiger partial charge < -0.3 is 9.80 Å². The highest BCUT2D eigenvalue weighted by Gasteiger charge is 2.44. The van der Waals surface area contributed by atoms with Crippen molar-refractivity contribution in [2.24, 2.45) is 0 Å². The lowest BCUT2D eigenvalue weighted by molar-refractivity contribution is 0.590. The Morgan fingerprint density at radius 3 is 0.929 bits per heavy atom. The van der Waals surface area contributed by atoms with Crippen LogP contribution in [0.25, 0.3) is 44.5 Å². The van der Waals surface area contributed by atoms with Crippen LogP contribution in [0, 0.1) is 34.6 Å². The molecule has 9 aromatic rings. The minimum atomic E-state index is 0.0253. The Balaban J connectivity index is 1.17. The third-order valence-electron chi connectivity index (χ3n) is 14.8. The van der Waals surface area contributed by atoms with Gasteiger partial charge in [0.2, 0.25) is 0 Å². The predicted octanol–water partition coefficient (Wildman–Crippen LogP) is 16.6. The molecule has 0 aromatic heterocycles. The summed E-state index contributed by atoms with van der Waals surface area (Å²) >= 11 is 0. The first kappa shape index (κ1) is 45.1. The van der Waals surface area contributed by atoms with Gasteiger partial charge in [0.05, 0.1) is 0 Å². The molecular weight excluding hydrogens is 844 g/mol. The van der Waals surface area contributed by atoms with Crippen LogP contribution in [0.3, 0.4) is 0 Å². The minimum absolute atomic E-state index is 0.0253. The van der Waals surface area contributed by atoms with Crippen molar-refractivity contribution in [2.75, 3.05) is 9.80 Å². The Hall–Kier alpha value is -7.36. The fraction of sp³-hybridized carbons (Fsp3) is 0.194. The van der Waals surface area contributed by atoms with Crippen molar-refractivity contribution in [1.82, 2.24) is 0 Å². The van der Waals surface area contributed by atoms with Crippen molar-refractivity contribution >= 4 is 57.2 Å². The van der Waals surface area contributed by atoms with Crippen LogP contribution >= 0.6 is 0 Å². The van der Waals surface area contributed by atoms with Crippen LogP contribution in [0.5, 0.6) is 0 Å². The van der Waals surface area contributed by atoms with Crippen LogP contribution in [-0.4, -0.2) is 6.71 Å². The van der Waals surface area contributed by atoms with E-state index in [1.807, 2.05) is 0 Å². The van der Waals surface area contributed by atoms with E-state index < -0.39 is 0 Å². The Morgan fingerprint density at radius 2 is 0.600 bits per heavy atom. The van der Waals surface area contributed by atoms with Crippen molar-refractivity contribution in [1.29, 1.82) is 0 Å². The van der Waals surface area contributed by atoms with Crippen LogP contribution in [0.2, 0.25) is 0 Å². The lowest BCUT2D eigenvalue weighted by Crippen LogP contribution is -2.61. The Labute approximate surface area is 417 Å². The highest BCUT2D eigenvalue weighted by atomic mass is 15.2. The molecule has 0 fully saturated rings. The fourth-order valence-electron chi connectivity index (χ4n) is 10.9. The molecule has 0 atom stereocenters. The van der Waals surface area contributed by atoms with Gasteiger partial charge in [-0.15, -0.1) is 0 Å². The van der Waals surface area contributed by atoms with E-state index in [4.69, 9.17) is 0 Å². The largest absolute Gasteiger partial charge is 0.311 e. The number of hydrogen-bond acceptors (Lipinski definition) is 2. The lowest BCUT2D eigenvalue weighted by atomic mass is 9.33. The van der Waals surface area contributed by atoms with E-state index in [-0.39, 0.29) is 17.5 Å². The van der Waals surface area contributed by atoms with Crippen molar-refractivity contribution < 1.29 is 0 Å². The molecular formula is C67H63BN2. The van der Waals surface area contributed by atoms with E-state index >= 15 is 0 Å². The van der Waals surface area contributed by atoms with Gasteiger partial charge in [-0.1, -0.05) is 185 Å². The van der Waals surface area contributed by atoms with E-state index in [1.165, 1.54) is 123 Å². The molecule has 0 saturated carbocycles. The Kier molecular flexibility index (Phi) is 10.9. The van der Waals surface area contributed by atoms with E-state index in [9.17, 15) is 0 Å². The quantitative estimate of drug-likeness (QED) is 0.153. The summed E-state index contributed by atoms with van der Waals surface area (Å²) in [6.45, 7) is 24.8. The summed E-state index contributed by atoms with van der Waals surface area (Å²) in [4.78, 5) is 5.15. The molecule has 0 amide bonds. The Morgan fingerprint density at radius 1 is 0.286 bits per heavy atom. The molecule has 2 heterocycles. The highest BCUT2D eigenvalue weighted by Crippen LogP contribution is 2.48. The number of rotatable bonds is 6. The fourth-order valence-corrected chi connectivity index (χ4v) is 10.9. The van der Waals surface area contributed by atoms with Crippen molar-refractivity contribution in [3.63, 3.8) is 0 Å². The van der Waals surface area contributed by atoms with Crippen LogP contribution < -0.4 is 26.2 Å². The molecule has 0 spiro atoms. The third kappa shape index (κ3) is 8.16. The molecule has 70 heavy (non-hydrogen) atoms. The predicted molar refractivity (Wildman–Crippen MR) is 303 cm³/mol. The topological polar surface area (TPSA) is 6.48 Å². The van der Waals surface area contributed by atoms with Gasteiger partial charge in [-0.2, -0.15) is 0 Å². The highest BCUT2D eigenvalue weighted by molar-refractivity contribution is 7.00. The molecule has 11 rings (SSSR count). The second-order valence-electron chi connectivity index (χ2n) is 22.4. The molecule has 0 saturated heterocycles. The average molecular weight is 907 g/mol. The molecule has 0 radical (unpaired) electrons. The zero-order valence-electron chi connectivity index (χ0n) is 42.8. The van der Waals surface area contributed by atoms with Gasteiger partial charge in [-0.25, -0.2) is 0 Å². The number of aryl methyl sites for hydroxylation is 5. The molecule has 9 aromatic carbocycles. The summed E-state index contributed by atoms with van der Waals surface area (Å²) in [5.41, 5.74) is 29.8. The van der Waals surface area contributed by atoms with E-state index in [0.29, 0.717) is 0 Å². The maximum absolute atomic E-state index is 2.58. The summed E-state index contributed by atoms with van der Waals surface area (Å²) in [6.07, 6.45) is 0. The smallest absolute Gasteiger partial charge is 0.252 e. The molecule has 0 bridgehead atoms. The zero-order chi connectivity index (χ0) is 48.8. The standard InChI is InChI=1S/C67H63BN2/c1-42-12-18-47(19-13-42)51-36-52(48-20-14-43(2)15-21-48)39-57(38-51)69-61-30-16-44(3)32-59(61)68-60-33-45(4)17-31-62(60)70(64-35-46(5)34-63(69)65(64)68)58-40-53(49-22-26-55(27-23-49)66(6,7)8)37-54(41-58)50-24-28-56(29-25-50)67(9,10)11/h12-41H,1-11H3. The monoisotopic (exact) mass is 907 g/mol. The maximum Gasteiger partial charge on any atom is 0.252 e. The van der Waals surface area contributed by atoms with Gasteiger partial charge in [0, 0.05) is 34.1 Å². The van der Waals surface area contributed by atoms with E-state index in [0.717, 1.165) is 11.4 Å². The number of nitrogens with zero attached hydrogens (tertiary/aromatic N) is 2. The number of anilines is 6. The molecule has 0 unspecified atom stereocenters. The summed E-state index contributed by atoms with van der Waals surface area (Å²) in [5.74, 6) is 0. The second-order valence-corrected chi connectivity index (χ2v) is 22.4. The average Bonchev–Trinajstić information content (AvgIpc) is 3.33. The normalized spacial score (nSPS) is 13.0. The second kappa shape index (κ2) is 17.0. The molecule has 2 nitrogen and oxygen atoms in total. The van der Waals surface area contributed by atoms with Crippen LogP contribution in [-0.2, 0) is 10.8 Å². The van der Waals surface area contributed by atoms with Crippen molar-refractivity contribution in [3.8, 4) is 44.5 Å². The molecule has 0 N–H and O–H groups in total. The molecule has 0 aliphatic carbocycles. The summed E-state index contributed by atoms with van der Waals surface area (Å²) in [6, 6.07) is 70.0. The number of benzene rings is 9. The van der Waals surface area contributed by atoms with Gasteiger partial charge in [0.15, 0.2) is 0 Å². The van der Waals surface area contributed by atoms with Gasteiger partial charge in [0.1, 0.15) is 0 Å². The molecule has 344 valence electrons. The molecule has 2 aliphatic heterocycles. The minimum Gasteiger partial charge on any atom is -0.311 e. The van der Waals surface area contributed by atoms with Gasteiger partial charge >= 0.3 is 0 Å². The van der Waals surface area contributed by atoms with Crippen LogP contribution in [0.1, 0.15) is 80.5 Å². The molecule has 2 aliphatic rings. The van der Waals surface area contributed by atoms with Gasteiger partial charge in [-0.3, -0.25) is 0 Å². The van der Waals surface area contributed by atoms with Crippen LogP contribution in [0.4, 0.5) is 34.1 Å². The number of hydrogen-bond donors (Lipinski definition) is 0. The summed E-state index contributed by atoms with van der Waals surface area (Å²) < 4.78 is 0. The van der Waals surface area contributed by atoms with Crippen molar-refractivity contribution in [2.45, 2.75) is 87.0 Å². The van der Waals surface area contributed by atoms with Crippen LogP contribution in [0.15, 0.2) is 182 Å². The van der Waals surface area contributed by atoms with Gasteiger partial charge in [0.25, 0.3) is 6.71 Å². The van der Waals surface area contributed by atoms with Crippen molar-refractivity contribution in [3.05, 3.63) is 221 Å². The first-order valence-electron chi connectivity index (χ1n) is 25.1. The zero-order valence-corrected chi connectivity index (χ0v) is 42.8. The summed E-state index contributed by atoms with van der Waals surface area (Å²) in [5, 5.41) is 0. The summed E-state index contributed by atoms with van der Waals surface area (Å²) in [7, 11) is 0. The van der Waals surface area contributed by atoms with Gasteiger partial charge in [-0.05, 0) is 184 Å². The lowest BCUT2D eigenvalue weighted by Gasteiger charge is -2.44. The molecule has 3 heteroatoms. The first-order chi connectivity index (χ1) is 33.5. The van der Waals surface area contributed by atoms with E-state index in [1.54, 1.807) is 0 Å². The first-order valence-corrected chi connectivity index (χ1v) is 25.1.